The molecule has 1 unspecified atom stereocenters. The first-order valence-corrected chi connectivity index (χ1v) is 7.73. The molecule has 2 N–H and O–H groups in total. The molecule has 2 atom stereocenters. The number of halogens is 1. The lowest BCUT2D eigenvalue weighted by Crippen LogP contribution is -2.48. The van der Waals surface area contributed by atoms with E-state index in [0.29, 0.717) is 18.7 Å². The van der Waals surface area contributed by atoms with Gasteiger partial charge in [-0.05, 0) is 50.1 Å². The van der Waals surface area contributed by atoms with Crippen LogP contribution in [0.15, 0.2) is 24.3 Å². The molecule has 2 aliphatic heterocycles. The molecule has 22 heavy (non-hydrogen) atoms. The molecule has 1 aromatic carbocycles. The minimum Gasteiger partial charge on any atom is -0.351 e. The normalized spacial score (nSPS) is 25.3. The van der Waals surface area contributed by atoms with Crippen molar-refractivity contribution in [2.45, 2.75) is 25.3 Å². The van der Waals surface area contributed by atoms with Gasteiger partial charge in [0.2, 0.25) is 11.8 Å². The Hall–Kier alpha value is -1.95. The standard InChI is InChI=1S/C16H20FN3O2/c17-11-3-5-13(6-4-11)20-9-7-14(16(20)22)15(21)19-12-2-1-8-18-10-12/h3-6,12,14,18H,1-2,7-10H2,(H,19,21)/t12-,14?/m0/s1. The molecule has 0 radical (unpaired) electrons. The van der Waals surface area contributed by atoms with Crippen LogP contribution in [0.3, 0.4) is 0 Å². The zero-order valence-electron chi connectivity index (χ0n) is 12.3. The molecule has 0 spiro atoms. The van der Waals surface area contributed by atoms with Crippen molar-refractivity contribution < 1.29 is 14.0 Å². The average Bonchev–Trinajstić information content (AvgIpc) is 2.91. The van der Waals surface area contributed by atoms with Crippen LogP contribution in [0.5, 0.6) is 0 Å². The van der Waals surface area contributed by atoms with Gasteiger partial charge in [-0.2, -0.15) is 0 Å². The summed E-state index contributed by atoms with van der Waals surface area (Å²) in [6.07, 6.45) is 2.48. The first-order chi connectivity index (χ1) is 10.6. The van der Waals surface area contributed by atoms with Crippen molar-refractivity contribution in [2.75, 3.05) is 24.5 Å². The summed E-state index contributed by atoms with van der Waals surface area (Å²) < 4.78 is 13.0. The van der Waals surface area contributed by atoms with Crippen molar-refractivity contribution in [3.63, 3.8) is 0 Å². The highest BCUT2D eigenvalue weighted by Gasteiger charge is 2.38. The first-order valence-electron chi connectivity index (χ1n) is 7.73. The van der Waals surface area contributed by atoms with E-state index >= 15 is 0 Å². The van der Waals surface area contributed by atoms with E-state index < -0.39 is 5.92 Å². The number of hydrogen-bond acceptors (Lipinski definition) is 3. The number of carbonyl (C=O) groups is 2. The lowest BCUT2D eigenvalue weighted by Gasteiger charge is -2.25. The van der Waals surface area contributed by atoms with E-state index in [1.165, 1.54) is 12.1 Å². The van der Waals surface area contributed by atoms with Gasteiger partial charge in [-0.3, -0.25) is 9.59 Å². The zero-order chi connectivity index (χ0) is 15.5. The van der Waals surface area contributed by atoms with Crippen molar-refractivity contribution >= 4 is 17.5 Å². The first kappa shape index (κ1) is 15.0. The van der Waals surface area contributed by atoms with Crippen LogP contribution < -0.4 is 15.5 Å². The molecule has 2 aliphatic rings. The zero-order valence-corrected chi connectivity index (χ0v) is 12.3. The van der Waals surface area contributed by atoms with Gasteiger partial charge in [0.25, 0.3) is 0 Å². The molecule has 0 aromatic heterocycles. The van der Waals surface area contributed by atoms with Gasteiger partial charge in [-0.25, -0.2) is 4.39 Å². The molecule has 0 bridgehead atoms. The van der Waals surface area contributed by atoms with E-state index in [9.17, 15) is 14.0 Å². The summed E-state index contributed by atoms with van der Waals surface area (Å²) in [5.41, 5.74) is 0.640. The van der Waals surface area contributed by atoms with Gasteiger partial charge in [0.1, 0.15) is 11.7 Å². The maximum absolute atomic E-state index is 13.0. The fraction of sp³-hybridized carbons (Fsp3) is 0.500. The molecule has 6 heteroatoms. The van der Waals surface area contributed by atoms with E-state index in [1.807, 2.05) is 0 Å². The minimum atomic E-state index is -0.632. The molecule has 0 saturated carbocycles. The molecule has 2 heterocycles. The van der Waals surface area contributed by atoms with Crippen molar-refractivity contribution in [3.05, 3.63) is 30.1 Å². The Morgan fingerprint density at radius 3 is 2.73 bits per heavy atom. The predicted octanol–water partition coefficient (Wildman–Crippen LogP) is 1.05. The largest absolute Gasteiger partial charge is 0.351 e. The molecule has 2 amide bonds. The fourth-order valence-electron chi connectivity index (χ4n) is 3.08. The third-order valence-corrected chi connectivity index (χ3v) is 4.30. The Kier molecular flexibility index (Phi) is 4.38. The highest BCUT2D eigenvalue weighted by Crippen LogP contribution is 2.25. The average molecular weight is 305 g/mol. The number of nitrogens with one attached hydrogen (secondary N) is 2. The maximum atomic E-state index is 13.0. The van der Waals surface area contributed by atoms with E-state index in [1.54, 1.807) is 17.0 Å². The van der Waals surface area contributed by atoms with Gasteiger partial charge in [0.15, 0.2) is 0 Å². The van der Waals surface area contributed by atoms with Gasteiger partial charge in [0.05, 0.1) is 0 Å². The lowest BCUT2D eigenvalue weighted by molar-refractivity contribution is -0.132. The number of amides is 2. The summed E-state index contributed by atoms with van der Waals surface area (Å²) in [7, 11) is 0. The predicted molar refractivity (Wildman–Crippen MR) is 80.9 cm³/mol. The summed E-state index contributed by atoms with van der Waals surface area (Å²) in [6, 6.07) is 5.89. The summed E-state index contributed by atoms with van der Waals surface area (Å²) in [4.78, 5) is 26.3. The molecule has 3 rings (SSSR count). The van der Waals surface area contributed by atoms with Crippen LogP contribution in [-0.2, 0) is 9.59 Å². The SMILES string of the molecule is O=C(N[C@H]1CCCNC1)C1CCN(c2ccc(F)cc2)C1=O. The number of nitrogens with zero attached hydrogens (tertiary/aromatic N) is 1. The molecule has 2 fully saturated rings. The monoisotopic (exact) mass is 305 g/mol. The quantitative estimate of drug-likeness (QED) is 0.821. The highest BCUT2D eigenvalue weighted by atomic mass is 19.1. The molecule has 1 aromatic rings. The van der Waals surface area contributed by atoms with Gasteiger partial charge in [-0.1, -0.05) is 0 Å². The minimum absolute atomic E-state index is 0.105. The van der Waals surface area contributed by atoms with Crippen LogP contribution in [-0.4, -0.2) is 37.5 Å². The Balaban J connectivity index is 1.62. The maximum Gasteiger partial charge on any atom is 0.239 e. The smallest absolute Gasteiger partial charge is 0.239 e. The number of benzene rings is 1. The molecule has 5 nitrogen and oxygen atoms in total. The third-order valence-electron chi connectivity index (χ3n) is 4.30. The summed E-state index contributed by atoms with van der Waals surface area (Å²) in [6.45, 7) is 2.23. The van der Waals surface area contributed by atoms with Crippen LogP contribution in [0, 0.1) is 11.7 Å². The summed E-state index contributed by atoms with van der Waals surface area (Å²) in [5, 5.41) is 6.20. The highest BCUT2D eigenvalue weighted by molar-refractivity contribution is 6.09. The summed E-state index contributed by atoms with van der Waals surface area (Å²) in [5.74, 6) is -1.36. The molecular formula is C16H20FN3O2. The number of piperidine rings is 1. The van der Waals surface area contributed by atoms with Crippen LogP contribution in [0.25, 0.3) is 0 Å². The Morgan fingerprint density at radius 2 is 2.05 bits per heavy atom. The topological polar surface area (TPSA) is 61.4 Å². The fourth-order valence-corrected chi connectivity index (χ4v) is 3.08. The molecular weight excluding hydrogens is 285 g/mol. The number of hydrogen-bond donors (Lipinski definition) is 2. The van der Waals surface area contributed by atoms with E-state index in [4.69, 9.17) is 0 Å². The van der Waals surface area contributed by atoms with E-state index in [-0.39, 0.29) is 23.7 Å². The van der Waals surface area contributed by atoms with Gasteiger partial charge >= 0.3 is 0 Å². The van der Waals surface area contributed by atoms with Crippen LogP contribution in [0.4, 0.5) is 10.1 Å². The summed E-state index contributed by atoms with van der Waals surface area (Å²) >= 11 is 0. The van der Waals surface area contributed by atoms with Crippen molar-refractivity contribution in [2.24, 2.45) is 5.92 Å². The molecule has 0 aliphatic carbocycles. The van der Waals surface area contributed by atoms with Crippen LogP contribution in [0.1, 0.15) is 19.3 Å². The molecule has 2 saturated heterocycles. The van der Waals surface area contributed by atoms with Gasteiger partial charge in [0, 0.05) is 24.8 Å². The van der Waals surface area contributed by atoms with Crippen molar-refractivity contribution in [1.82, 2.24) is 10.6 Å². The number of anilines is 1. The second kappa shape index (κ2) is 6.44. The van der Waals surface area contributed by atoms with E-state index in [0.717, 1.165) is 25.9 Å². The van der Waals surface area contributed by atoms with Gasteiger partial charge in [-0.15, -0.1) is 0 Å². The van der Waals surface area contributed by atoms with Crippen molar-refractivity contribution in [3.8, 4) is 0 Å². The third kappa shape index (κ3) is 3.11. The second-order valence-corrected chi connectivity index (χ2v) is 5.86. The second-order valence-electron chi connectivity index (χ2n) is 5.86. The van der Waals surface area contributed by atoms with E-state index in [2.05, 4.69) is 10.6 Å². The molecule has 118 valence electrons. The van der Waals surface area contributed by atoms with Crippen LogP contribution >= 0.6 is 0 Å². The number of rotatable bonds is 3. The Labute approximate surface area is 128 Å². The van der Waals surface area contributed by atoms with Crippen LogP contribution in [0.2, 0.25) is 0 Å². The van der Waals surface area contributed by atoms with Gasteiger partial charge < -0.3 is 15.5 Å². The van der Waals surface area contributed by atoms with Crippen molar-refractivity contribution in [1.29, 1.82) is 0 Å². The lowest BCUT2D eigenvalue weighted by atomic mass is 10.0. The number of carbonyl (C=O) groups excluding carboxylic acids is 2. The Bertz CT molecular complexity index is 555. The Morgan fingerprint density at radius 1 is 1.27 bits per heavy atom.